The van der Waals surface area contributed by atoms with Crippen molar-refractivity contribution in [3.63, 3.8) is 0 Å². The summed E-state index contributed by atoms with van der Waals surface area (Å²) in [7, 11) is 0. The van der Waals surface area contributed by atoms with E-state index in [0.29, 0.717) is 0 Å². The zero-order valence-corrected chi connectivity index (χ0v) is 10.1. The Kier molecular flexibility index (Phi) is 5.49. The van der Waals surface area contributed by atoms with Crippen LogP contribution in [0.3, 0.4) is 0 Å². The molecule has 0 spiro atoms. The van der Waals surface area contributed by atoms with Gasteiger partial charge in [-0.2, -0.15) is 0 Å². The van der Waals surface area contributed by atoms with Crippen molar-refractivity contribution in [1.29, 1.82) is 0 Å². The van der Waals surface area contributed by atoms with Crippen LogP contribution in [-0.4, -0.2) is 48.6 Å². The number of likely N-dealkylation sites (tertiary alicyclic amines) is 1. The van der Waals surface area contributed by atoms with Crippen molar-refractivity contribution in [3.8, 4) is 0 Å². The van der Waals surface area contributed by atoms with Gasteiger partial charge < -0.3 is 9.80 Å². The summed E-state index contributed by atoms with van der Waals surface area (Å²) < 4.78 is 0. The van der Waals surface area contributed by atoms with E-state index in [4.69, 9.17) is 0 Å². The number of hydrogen-bond donors (Lipinski definition) is 0. The smallest absolute Gasteiger partial charge is 0.0119 e. The van der Waals surface area contributed by atoms with E-state index in [-0.39, 0.29) is 0 Å². The average molecular weight is 198 g/mol. The molecular weight excluding hydrogens is 172 g/mol. The van der Waals surface area contributed by atoms with Gasteiger partial charge in [-0.05, 0) is 52.0 Å². The highest BCUT2D eigenvalue weighted by atomic mass is 15.2. The molecule has 2 nitrogen and oxygen atoms in total. The first-order chi connectivity index (χ1) is 6.81. The lowest BCUT2D eigenvalue weighted by Crippen LogP contribution is -2.44. The highest BCUT2D eigenvalue weighted by Gasteiger charge is 2.21. The second-order valence-electron chi connectivity index (χ2n) is 4.29. The minimum atomic E-state index is 0.859. The lowest BCUT2D eigenvalue weighted by Gasteiger charge is -2.37. The Morgan fingerprint density at radius 3 is 2.07 bits per heavy atom. The summed E-state index contributed by atoms with van der Waals surface area (Å²) in [4.78, 5) is 5.23. The van der Waals surface area contributed by atoms with Crippen LogP contribution in [0.15, 0.2) is 0 Å². The van der Waals surface area contributed by atoms with E-state index in [9.17, 15) is 0 Å². The van der Waals surface area contributed by atoms with E-state index >= 15 is 0 Å². The maximum absolute atomic E-state index is 2.61. The first-order valence-electron chi connectivity index (χ1n) is 6.28. The van der Waals surface area contributed by atoms with Gasteiger partial charge in [-0.25, -0.2) is 0 Å². The van der Waals surface area contributed by atoms with E-state index < -0.39 is 0 Å². The van der Waals surface area contributed by atoms with Gasteiger partial charge in [-0.3, -0.25) is 0 Å². The average Bonchev–Trinajstić information content (AvgIpc) is 2.23. The van der Waals surface area contributed by atoms with Gasteiger partial charge in [0.2, 0.25) is 0 Å². The number of piperidine rings is 1. The largest absolute Gasteiger partial charge is 0.303 e. The van der Waals surface area contributed by atoms with E-state index in [1.165, 1.54) is 52.0 Å². The third-order valence-corrected chi connectivity index (χ3v) is 3.43. The molecule has 0 aromatic carbocycles. The van der Waals surface area contributed by atoms with Crippen molar-refractivity contribution in [2.75, 3.05) is 32.7 Å². The highest BCUT2D eigenvalue weighted by Crippen LogP contribution is 2.16. The summed E-state index contributed by atoms with van der Waals surface area (Å²) in [5.41, 5.74) is 0. The molecule has 0 bridgehead atoms. The predicted octanol–water partition coefficient (Wildman–Crippen LogP) is 2.20. The lowest BCUT2D eigenvalue weighted by atomic mass is 10.0. The number of hydrogen-bond acceptors (Lipinski definition) is 2. The first-order valence-corrected chi connectivity index (χ1v) is 6.28. The Morgan fingerprint density at radius 1 is 1.07 bits per heavy atom. The molecule has 0 N–H and O–H groups in total. The van der Waals surface area contributed by atoms with Gasteiger partial charge in [0.1, 0.15) is 0 Å². The fraction of sp³-hybridized carbons (Fsp3) is 1.00. The maximum Gasteiger partial charge on any atom is 0.0119 e. The molecule has 0 aromatic heterocycles. The molecule has 1 aliphatic rings. The fourth-order valence-corrected chi connectivity index (χ4v) is 2.56. The van der Waals surface area contributed by atoms with E-state index in [1.54, 1.807) is 0 Å². The molecule has 1 fully saturated rings. The van der Waals surface area contributed by atoms with Crippen LogP contribution in [0, 0.1) is 0 Å². The summed E-state index contributed by atoms with van der Waals surface area (Å²) in [6.45, 7) is 13.2. The summed E-state index contributed by atoms with van der Waals surface area (Å²) in [5.74, 6) is 0. The number of nitrogens with zero attached hydrogens (tertiary/aromatic N) is 2. The first kappa shape index (κ1) is 12.0. The van der Waals surface area contributed by atoms with Crippen LogP contribution in [0.4, 0.5) is 0 Å². The van der Waals surface area contributed by atoms with Crippen LogP contribution in [0.2, 0.25) is 0 Å². The van der Waals surface area contributed by atoms with Crippen LogP contribution in [0.5, 0.6) is 0 Å². The molecule has 1 heterocycles. The molecule has 0 atom stereocenters. The van der Waals surface area contributed by atoms with E-state index in [2.05, 4.69) is 30.6 Å². The molecule has 2 heteroatoms. The third kappa shape index (κ3) is 3.25. The Hall–Kier alpha value is -0.0800. The van der Waals surface area contributed by atoms with Gasteiger partial charge in [-0.1, -0.05) is 20.8 Å². The topological polar surface area (TPSA) is 6.48 Å². The maximum atomic E-state index is 2.61. The second kappa shape index (κ2) is 6.41. The van der Waals surface area contributed by atoms with E-state index in [0.717, 1.165) is 6.04 Å². The zero-order valence-electron chi connectivity index (χ0n) is 10.1. The molecule has 0 saturated carbocycles. The Labute approximate surface area is 89.3 Å². The highest BCUT2D eigenvalue weighted by molar-refractivity contribution is 4.78. The van der Waals surface area contributed by atoms with Gasteiger partial charge in [0.25, 0.3) is 0 Å². The summed E-state index contributed by atoms with van der Waals surface area (Å²) in [5, 5.41) is 0. The van der Waals surface area contributed by atoms with Crippen molar-refractivity contribution < 1.29 is 0 Å². The molecule has 1 saturated heterocycles. The molecule has 0 unspecified atom stereocenters. The zero-order chi connectivity index (χ0) is 10.4. The Balaban J connectivity index is 2.27. The van der Waals surface area contributed by atoms with Gasteiger partial charge in [-0.15, -0.1) is 0 Å². The fourth-order valence-electron chi connectivity index (χ4n) is 2.56. The number of rotatable bonds is 5. The summed E-state index contributed by atoms with van der Waals surface area (Å²) >= 11 is 0. The van der Waals surface area contributed by atoms with Gasteiger partial charge in [0, 0.05) is 6.04 Å². The van der Waals surface area contributed by atoms with Crippen molar-refractivity contribution in [2.24, 2.45) is 0 Å². The van der Waals surface area contributed by atoms with Crippen molar-refractivity contribution in [2.45, 2.75) is 46.1 Å². The van der Waals surface area contributed by atoms with Crippen LogP contribution in [0.1, 0.15) is 40.0 Å². The lowest BCUT2D eigenvalue weighted by molar-refractivity contribution is 0.117. The van der Waals surface area contributed by atoms with Gasteiger partial charge >= 0.3 is 0 Å². The monoisotopic (exact) mass is 198 g/mol. The van der Waals surface area contributed by atoms with Crippen molar-refractivity contribution >= 4 is 0 Å². The molecule has 0 amide bonds. The summed E-state index contributed by atoms with van der Waals surface area (Å²) in [6.07, 6.45) is 4.05. The molecule has 14 heavy (non-hydrogen) atoms. The molecule has 0 aromatic rings. The molecule has 1 aliphatic heterocycles. The van der Waals surface area contributed by atoms with Crippen LogP contribution < -0.4 is 0 Å². The molecule has 0 radical (unpaired) electrons. The van der Waals surface area contributed by atoms with Crippen molar-refractivity contribution in [1.82, 2.24) is 9.80 Å². The minimum Gasteiger partial charge on any atom is -0.303 e. The Morgan fingerprint density at radius 2 is 1.64 bits per heavy atom. The van der Waals surface area contributed by atoms with Crippen LogP contribution >= 0.6 is 0 Å². The Bertz CT molecular complexity index is 135. The van der Waals surface area contributed by atoms with Crippen molar-refractivity contribution in [3.05, 3.63) is 0 Å². The molecular formula is C12H26N2. The normalized spacial score (nSPS) is 20.6. The summed E-state index contributed by atoms with van der Waals surface area (Å²) in [6, 6.07) is 0.859. The molecule has 84 valence electrons. The quantitative estimate of drug-likeness (QED) is 0.668. The third-order valence-electron chi connectivity index (χ3n) is 3.43. The van der Waals surface area contributed by atoms with Crippen LogP contribution in [0.25, 0.3) is 0 Å². The predicted molar refractivity (Wildman–Crippen MR) is 62.7 cm³/mol. The second-order valence-corrected chi connectivity index (χ2v) is 4.29. The van der Waals surface area contributed by atoms with Gasteiger partial charge in [0.15, 0.2) is 0 Å². The standard InChI is InChI=1S/C12H26N2/c1-4-9-13-10-7-12(8-11-13)14(5-2)6-3/h12H,4-11H2,1-3H3. The van der Waals surface area contributed by atoms with E-state index in [1.807, 2.05) is 0 Å². The molecule has 1 rings (SSSR count). The molecule has 0 aliphatic carbocycles. The minimum absolute atomic E-state index is 0.859. The van der Waals surface area contributed by atoms with Gasteiger partial charge in [0.05, 0.1) is 0 Å². The van der Waals surface area contributed by atoms with Crippen LogP contribution in [-0.2, 0) is 0 Å². The SMILES string of the molecule is CCCN1CCC(N(CC)CC)CC1.